The van der Waals surface area contributed by atoms with Crippen molar-refractivity contribution in [3.63, 3.8) is 0 Å². The van der Waals surface area contributed by atoms with Crippen molar-refractivity contribution in [3.8, 4) is 0 Å². The molecule has 1 aliphatic rings. The van der Waals surface area contributed by atoms with Crippen LogP contribution in [0.5, 0.6) is 0 Å². The van der Waals surface area contributed by atoms with Gasteiger partial charge in [-0.3, -0.25) is 4.79 Å². The van der Waals surface area contributed by atoms with Gasteiger partial charge in [0.25, 0.3) is 0 Å². The predicted octanol–water partition coefficient (Wildman–Crippen LogP) is 4.10. The lowest BCUT2D eigenvalue weighted by Crippen LogP contribution is -2.50. The number of fused-ring (bicyclic) bond motifs is 1. The summed E-state index contributed by atoms with van der Waals surface area (Å²) in [4.78, 5) is 32.3. The summed E-state index contributed by atoms with van der Waals surface area (Å²) in [7, 11) is 0. The van der Waals surface area contributed by atoms with Gasteiger partial charge in [0.2, 0.25) is 5.91 Å². The highest BCUT2D eigenvalue weighted by Gasteiger charge is 2.40. The molecular weight excluding hydrogens is 426 g/mol. The van der Waals surface area contributed by atoms with Gasteiger partial charge in [0.1, 0.15) is 6.04 Å². The van der Waals surface area contributed by atoms with Crippen molar-refractivity contribution in [2.45, 2.75) is 31.5 Å². The SMILES string of the molecule is O=C(O)C1Cc2c(ncn2Cc2ccccc2)CN1C(=O)C(c1ccccc1)c1ccccc1. The Morgan fingerprint density at radius 2 is 1.44 bits per heavy atom. The number of benzene rings is 3. The monoisotopic (exact) mass is 451 g/mol. The summed E-state index contributed by atoms with van der Waals surface area (Å²) >= 11 is 0. The molecule has 1 atom stereocenters. The molecule has 0 saturated carbocycles. The third-order valence-electron chi connectivity index (χ3n) is 6.39. The van der Waals surface area contributed by atoms with Crippen molar-refractivity contribution in [3.05, 3.63) is 125 Å². The molecule has 0 spiro atoms. The number of hydrogen-bond acceptors (Lipinski definition) is 3. The first-order valence-electron chi connectivity index (χ1n) is 11.3. The van der Waals surface area contributed by atoms with E-state index in [4.69, 9.17) is 0 Å². The van der Waals surface area contributed by atoms with Gasteiger partial charge >= 0.3 is 5.97 Å². The van der Waals surface area contributed by atoms with Crippen molar-refractivity contribution in [1.29, 1.82) is 0 Å². The van der Waals surface area contributed by atoms with Crippen molar-refractivity contribution in [1.82, 2.24) is 14.5 Å². The van der Waals surface area contributed by atoms with Crippen LogP contribution in [0.1, 0.15) is 34.0 Å². The lowest BCUT2D eigenvalue weighted by atomic mass is 9.88. The first-order valence-corrected chi connectivity index (χ1v) is 11.3. The van der Waals surface area contributed by atoms with Crippen LogP contribution in [0.4, 0.5) is 0 Å². The molecule has 0 aliphatic carbocycles. The molecule has 2 heterocycles. The zero-order chi connectivity index (χ0) is 23.5. The summed E-state index contributed by atoms with van der Waals surface area (Å²) in [6, 6.07) is 28.1. The Balaban J connectivity index is 1.49. The zero-order valence-electron chi connectivity index (χ0n) is 18.6. The average Bonchev–Trinajstić information content (AvgIpc) is 3.27. The van der Waals surface area contributed by atoms with Crippen LogP contribution >= 0.6 is 0 Å². The number of amides is 1. The lowest BCUT2D eigenvalue weighted by molar-refractivity contribution is -0.151. The highest BCUT2D eigenvalue weighted by Crippen LogP contribution is 2.31. The molecule has 0 radical (unpaired) electrons. The van der Waals surface area contributed by atoms with Crippen LogP contribution in [0.15, 0.2) is 97.3 Å². The molecule has 34 heavy (non-hydrogen) atoms. The van der Waals surface area contributed by atoms with Crippen LogP contribution in [-0.4, -0.2) is 37.5 Å². The van der Waals surface area contributed by atoms with Crippen LogP contribution in [0, 0.1) is 0 Å². The van der Waals surface area contributed by atoms with Crippen molar-refractivity contribution < 1.29 is 14.7 Å². The van der Waals surface area contributed by atoms with Crippen LogP contribution in [0.2, 0.25) is 0 Å². The van der Waals surface area contributed by atoms with Crippen molar-refractivity contribution in [2.75, 3.05) is 0 Å². The molecule has 1 N–H and O–H groups in total. The van der Waals surface area contributed by atoms with E-state index in [1.807, 2.05) is 95.6 Å². The summed E-state index contributed by atoms with van der Waals surface area (Å²) in [5.41, 5.74) is 4.41. The molecule has 6 heteroatoms. The Hall–Kier alpha value is -4.19. The minimum absolute atomic E-state index is 0.170. The Bertz CT molecular complexity index is 1250. The topological polar surface area (TPSA) is 75.4 Å². The standard InChI is InChI=1S/C28H25N3O3/c32-27(26(21-12-6-2-7-13-21)22-14-8-3-9-15-22)31-18-23-24(16-25(31)28(33)34)30(19-29-23)17-20-10-4-1-5-11-20/h1-15,19,25-26H,16-18H2,(H,33,34). The summed E-state index contributed by atoms with van der Waals surface area (Å²) in [6.45, 7) is 0.781. The molecule has 3 aromatic carbocycles. The van der Waals surface area contributed by atoms with Gasteiger partial charge in [-0.1, -0.05) is 91.0 Å². The predicted molar refractivity (Wildman–Crippen MR) is 128 cm³/mol. The van der Waals surface area contributed by atoms with Gasteiger partial charge in [-0.25, -0.2) is 9.78 Å². The molecule has 170 valence electrons. The highest BCUT2D eigenvalue weighted by molar-refractivity contribution is 5.91. The van der Waals surface area contributed by atoms with Gasteiger partial charge in [-0.05, 0) is 16.7 Å². The first-order chi connectivity index (χ1) is 16.6. The van der Waals surface area contributed by atoms with Gasteiger partial charge < -0.3 is 14.6 Å². The third kappa shape index (κ3) is 4.22. The number of aromatic nitrogens is 2. The number of rotatable bonds is 6. The number of hydrogen-bond donors (Lipinski definition) is 1. The Morgan fingerprint density at radius 3 is 2.00 bits per heavy atom. The maximum Gasteiger partial charge on any atom is 0.326 e. The maximum absolute atomic E-state index is 13.9. The highest BCUT2D eigenvalue weighted by atomic mass is 16.4. The van der Waals surface area contributed by atoms with Crippen LogP contribution in [-0.2, 0) is 29.1 Å². The largest absolute Gasteiger partial charge is 0.480 e. The molecule has 0 bridgehead atoms. The van der Waals surface area contributed by atoms with E-state index >= 15 is 0 Å². The quantitative estimate of drug-likeness (QED) is 0.479. The molecule has 1 aliphatic heterocycles. The molecule has 5 rings (SSSR count). The third-order valence-corrected chi connectivity index (χ3v) is 6.39. The fourth-order valence-corrected chi connectivity index (χ4v) is 4.68. The first kappa shape index (κ1) is 21.6. The molecular formula is C28H25N3O3. The lowest BCUT2D eigenvalue weighted by Gasteiger charge is -2.35. The number of carboxylic acid groups (broad SMARTS) is 1. The van der Waals surface area contributed by atoms with Crippen molar-refractivity contribution in [2.24, 2.45) is 0 Å². The van der Waals surface area contributed by atoms with Crippen LogP contribution < -0.4 is 0 Å². The molecule has 1 amide bonds. The van der Waals surface area contributed by atoms with Crippen molar-refractivity contribution >= 4 is 11.9 Å². The minimum Gasteiger partial charge on any atom is -0.480 e. The molecule has 6 nitrogen and oxygen atoms in total. The maximum atomic E-state index is 13.9. The molecule has 0 fully saturated rings. The zero-order valence-corrected chi connectivity index (χ0v) is 18.6. The van der Waals surface area contributed by atoms with Gasteiger partial charge in [-0.2, -0.15) is 0 Å². The van der Waals surface area contributed by atoms with Crippen LogP contribution in [0.3, 0.4) is 0 Å². The number of aliphatic carboxylic acids is 1. The molecule has 1 unspecified atom stereocenters. The molecule has 0 saturated heterocycles. The van der Waals surface area contributed by atoms with Gasteiger partial charge in [0.15, 0.2) is 0 Å². The number of carboxylic acids is 1. The van der Waals surface area contributed by atoms with Gasteiger partial charge in [0, 0.05) is 18.7 Å². The summed E-state index contributed by atoms with van der Waals surface area (Å²) < 4.78 is 1.99. The van der Waals surface area contributed by atoms with Gasteiger partial charge in [-0.15, -0.1) is 0 Å². The van der Waals surface area contributed by atoms with E-state index in [9.17, 15) is 14.7 Å². The number of carbonyl (C=O) groups excluding carboxylic acids is 1. The number of nitrogens with zero attached hydrogens (tertiary/aromatic N) is 3. The second-order valence-corrected chi connectivity index (χ2v) is 8.53. The van der Waals surface area contributed by atoms with Gasteiger partial charge in [0.05, 0.1) is 24.5 Å². The Morgan fingerprint density at radius 1 is 0.882 bits per heavy atom. The minimum atomic E-state index is -1.01. The fraction of sp³-hybridized carbons (Fsp3) is 0.179. The normalized spacial score (nSPS) is 15.2. The van der Waals surface area contributed by atoms with E-state index in [2.05, 4.69) is 4.98 Å². The summed E-state index contributed by atoms with van der Waals surface area (Å²) in [6.07, 6.45) is 1.97. The fourth-order valence-electron chi connectivity index (χ4n) is 4.68. The van der Waals surface area contributed by atoms with E-state index in [0.717, 1.165) is 28.1 Å². The summed E-state index contributed by atoms with van der Waals surface area (Å²) in [5.74, 6) is -1.82. The Labute approximate surface area is 198 Å². The molecule has 1 aromatic heterocycles. The van der Waals surface area contributed by atoms with E-state index in [0.29, 0.717) is 6.54 Å². The second kappa shape index (κ2) is 9.35. The number of carbonyl (C=O) groups is 2. The second-order valence-electron chi connectivity index (χ2n) is 8.53. The van der Waals surface area contributed by atoms with E-state index in [1.165, 1.54) is 4.90 Å². The summed E-state index contributed by atoms with van der Waals surface area (Å²) in [5, 5.41) is 10.1. The van der Waals surface area contributed by atoms with Crippen LogP contribution in [0.25, 0.3) is 0 Å². The smallest absolute Gasteiger partial charge is 0.326 e. The van der Waals surface area contributed by atoms with E-state index < -0.39 is 17.9 Å². The molecule has 4 aromatic rings. The van der Waals surface area contributed by atoms with E-state index in [1.54, 1.807) is 6.33 Å². The Kier molecular flexibility index (Phi) is 5.95. The van der Waals surface area contributed by atoms with E-state index in [-0.39, 0.29) is 18.9 Å². The number of imidazole rings is 1. The average molecular weight is 452 g/mol.